The van der Waals surface area contributed by atoms with E-state index in [1.165, 1.54) is 0 Å². The predicted molar refractivity (Wildman–Crippen MR) is 61.2 cm³/mol. The summed E-state index contributed by atoms with van der Waals surface area (Å²) >= 11 is 5.80. The molecule has 0 aliphatic carbocycles. The lowest BCUT2D eigenvalue weighted by Gasteiger charge is -2.03. The average molecular weight is 238 g/mol. The molecule has 0 bridgehead atoms. The summed E-state index contributed by atoms with van der Waals surface area (Å²) < 4.78 is 1.76. The van der Waals surface area contributed by atoms with Crippen LogP contribution in [0.3, 0.4) is 0 Å². The lowest BCUT2D eigenvalue weighted by atomic mass is 10.2. The smallest absolute Gasteiger partial charge is 0.111 e. The van der Waals surface area contributed by atoms with Gasteiger partial charge in [0.05, 0.1) is 18.8 Å². The monoisotopic (exact) mass is 237 g/mol. The van der Waals surface area contributed by atoms with Crippen molar-refractivity contribution in [2.75, 3.05) is 0 Å². The Hall–Kier alpha value is -1.39. The van der Waals surface area contributed by atoms with Gasteiger partial charge in [-0.25, -0.2) is 4.68 Å². The van der Waals surface area contributed by atoms with Gasteiger partial charge >= 0.3 is 0 Å². The first-order chi connectivity index (χ1) is 7.70. The highest BCUT2D eigenvalue weighted by atomic mass is 35.5. The molecule has 0 atom stereocenters. The van der Waals surface area contributed by atoms with Crippen LogP contribution in [0.1, 0.15) is 17.0 Å². The zero-order chi connectivity index (χ0) is 11.5. The minimum absolute atomic E-state index is 0.0769. The van der Waals surface area contributed by atoms with E-state index in [0.717, 1.165) is 16.3 Å². The normalized spacial score (nSPS) is 10.7. The molecule has 0 radical (unpaired) electrons. The SMILES string of the molecule is Cc1c(CO)nnn1Cc1ccc(Cl)cc1. The van der Waals surface area contributed by atoms with Gasteiger partial charge < -0.3 is 5.11 Å². The van der Waals surface area contributed by atoms with Crippen LogP contribution < -0.4 is 0 Å². The van der Waals surface area contributed by atoms with Crippen LogP contribution in [-0.4, -0.2) is 20.1 Å². The molecule has 0 unspecified atom stereocenters. The van der Waals surface area contributed by atoms with Gasteiger partial charge in [0.2, 0.25) is 0 Å². The quantitative estimate of drug-likeness (QED) is 0.886. The van der Waals surface area contributed by atoms with Crippen LogP contribution in [0, 0.1) is 6.92 Å². The van der Waals surface area contributed by atoms with Crippen molar-refractivity contribution in [1.82, 2.24) is 15.0 Å². The number of aromatic nitrogens is 3. The second kappa shape index (κ2) is 4.63. The summed E-state index contributed by atoms with van der Waals surface area (Å²) in [5.74, 6) is 0. The molecule has 0 spiro atoms. The van der Waals surface area contributed by atoms with E-state index in [9.17, 15) is 0 Å². The average Bonchev–Trinajstić information content (AvgIpc) is 2.63. The Morgan fingerprint density at radius 2 is 2.00 bits per heavy atom. The molecule has 84 valence electrons. The van der Waals surface area contributed by atoms with E-state index < -0.39 is 0 Å². The predicted octanol–water partition coefficient (Wildman–Crippen LogP) is 1.78. The van der Waals surface area contributed by atoms with Crippen LogP contribution in [0.15, 0.2) is 24.3 Å². The maximum atomic E-state index is 9.00. The number of nitrogens with zero attached hydrogens (tertiary/aromatic N) is 3. The topological polar surface area (TPSA) is 50.9 Å². The maximum absolute atomic E-state index is 9.00. The van der Waals surface area contributed by atoms with Crippen molar-refractivity contribution in [2.45, 2.75) is 20.1 Å². The molecule has 1 aromatic carbocycles. The van der Waals surface area contributed by atoms with Crippen molar-refractivity contribution in [3.63, 3.8) is 0 Å². The highest BCUT2D eigenvalue weighted by molar-refractivity contribution is 6.30. The van der Waals surface area contributed by atoms with Crippen LogP contribution >= 0.6 is 11.6 Å². The number of halogens is 1. The van der Waals surface area contributed by atoms with Crippen molar-refractivity contribution < 1.29 is 5.11 Å². The van der Waals surface area contributed by atoms with E-state index in [2.05, 4.69) is 10.3 Å². The molecule has 1 N–H and O–H groups in total. The maximum Gasteiger partial charge on any atom is 0.111 e. The highest BCUT2D eigenvalue weighted by Gasteiger charge is 2.07. The third kappa shape index (κ3) is 2.23. The van der Waals surface area contributed by atoms with Crippen molar-refractivity contribution in [3.8, 4) is 0 Å². The summed E-state index contributed by atoms with van der Waals surface area (Å²) in [5, 5.41) is 17.6. The fourth-order valence-corrected chi connectivity index (χ4v) is 1.58. The van der Waals surface area contributed by atoms with Gasteiger partial charge in [-0.1, -0.05) is 28.9 Å². The molecule has 2 rings (SSSR count). The van der Waals surface area contributed by atoms with E-state index >= 15 is 0 Å². The third-order valence-electron chi connectivity index (χ3n) is 2.47. The molecule has 1 heterocycles. The molecular weight excluding hydrogens is 226 g/mol. The Bertz CT molecular complexity index is 478. The minimum Gasteiger partial charge on any atom is -0.390 e. The lowest BCUT2D eigenvalue weighted by Crippen LogP contribution is -2.04. The van der Waals surface area contributed by atoms with Crippen LogP contribution in [0.2, 0.25) is 5.02 Å². The molecule has 0 amide bonds. The Morgan fingerprint density at radius 3 is 2.56 bits per heavy atom. The Balaban J connectivity index is 2.20. The van der Waals surface area contributed by atoms with Crippen LogP contribution in [0.25, 0.3) is 0 Å². The van der Waals surface area contributed by atoms with Crippen molar-refractivity contribution >= 4 is 11.6 Å². The Labute approximate surface area is 98.5 Å². The number of rotatable bonds is 3. The largest absolute Gasteiger partial charge is 0.390 e. The van der Waals surface area contributed by atoms with Crippen molar-refractivity contribution in [3.05, 3.63) is 46.2 Å². The summed E-state index contributed by atoms with van der Waals surface area (Å²) in [6.07, 6.45) is 0. The number of hydrogen-bond acceptors (Lipinski definition) is 3. The van der Waals surface area contributed by atoms with E-state index in [1.807, 2.05) is 31.2 Å². The highest BCUT2D eigenvalue weighted by Crippen LogP contribution is 2.12. The molecule has 0 saturated heterocycles. The van der Waals surface area contributed by atoms with Gasteiger partial charge in [0, 0.05) is 5.02 Å². The fraction of sp³-hybridized carbons (Fsp3) is 0.273. The first-order valence-electron chi connectivity index (χ1n) is 4.95. The number of benzene rings is 1. The van der Waals surface area contributed by atoms with Gasteiger partial charge in [-0.05, 0) is 24.6 Å². The fourth-order valence-electron chi connectivity index (χ4n) is 1.46. The third-order valence-corrected chi connectivity index (χ3v) is 2.73. The van der Waals surface area contributed by atoms with Gasteiger partial charge in [-0.15, -0.1) is 5.10 Å². The van der Waals surface area contributed by atoms with Crippen molar-refractivity contribution in [2.24, 2.45) is 0 Å². The van der Waals surface area contributed by atoms with Gasteiger partial charge in [0.15, 0.2) is 0 Å². The molecule has 0 fully saturated rings. The summed E-state index contributed by atoms with van der Waals surface area (Å²) in [5.41, 5.74) is 2.60. The van der Waals surface area contributed by atoms with E-state index in [1.54, 1.807) is 4.68 Å². The summed E-state index contributed by atoms with van der Waals surface area (Å²) in [6, 6.07) is 7.58. The number of aliphatic hydroxyl groups excluding tert-OH is 1. The zero-order valence-corrected chi connectivity index (χ0v) is 9.65. The van der Waals surface area contributed by atoms with E-state index in [0.29, 0.717) is 12.2 Å². The molecule has 2 aromatic rings. The molecule has 16 heavy (non-hydrogen) atoms. The molecular formula is C11H12ClN3O. The first-order valence-corrected chi connectivity index (χ1v) is 5.33. The van der Waals surface area contributed by atoms with Gasteiger partial charge in [-0.3, -0.25) is 0 Å². The standard InChI is InChI=1S/C11H12ClN3O/c1-8-11(7-16)13-14-15(8)6-9-2-4-10(12)5-3-9/h2-5,16H,6-7H2,1H3. The van der Waals surface area contributed by atoms with E-state index in [4.69, 9.17) is 16.7 Å². The van der Waals surface area contributed by atoms with Crippen molar-refractivity contribution in [1.29, 1.82) is 0 Å². The second-order valence-corrected chi connectivity index (χ2v) is 4.00. The Morgan fingerprint density at radius 1 is 1.31 bits per heavy atom. The minimum atomic E-state index is -0.0769. The number of aliphatic hydroxyl groups is 1. The van der Waals surface area contributed by atoms with Crippen LogP contribution in [-0.2, 0) is 13.2 Å². The molecule has 0 aliphatic rings. The second-order valence-electron chi connectivity index (χ2n) is 3.56. The summed E-state index contributed by atoms with van der Waals surface area (Å²) in [7, 11) is 0. The molecule has 4 nitrogen and oxygen atoms in total. The summed E-state index contributed by atoms with van der Waals surface area (Å²) in [4.78, 5) is 0. The van der Waals surface area contributed by atoms with Crippen LogP contribution in [0.4, 0.5) is 0 Å². The number of hydrogen-bond donors (Lipinski definition) is 1. The first kappa shape index (κ1) is 11.1. The van der Waals surface area contributed by atoms with E-state index in [-0.39, 0.29) is 6.61 Å². The molecule has 0 saturated carbocycles. The van der Waals surface area contributed by atoms with Gasteiger partial charge in [0.25, 0.3) is 0 Å². The zero-order valence-electron chi connectivity index (χ0n) is 8.89. The molecule has 1 aromatic heterocycles. The Kier molecular flexibility index (Phi) is 3.22. The molecule has 0 aliphatic heterocycles. The molecule has 5 heteroatoms. The van der Waals surface area contributed by atoms with Crippen LogP contribution in [0.5, 0.6) is 0 Å². The lowest BCUT2D eigenvalue weighted by molar-refractivity contribution is 0.276. The van der Waals surface area contributed by atoms with Gasteiger partial charge in [0.1, 0.15) is 5.69 Å². The van der Waals surface area contributed by atoms with Gasteiger partial charge in [-0.2, -0.15) is 0 Å². The summed E-state index contributed by atoms with van der Waals surface area (Å²) in [6.45, 7) is 2.45.